The van der Waals surface area contributed by atoms with Gasteiger partial charge in [-0.2, -0.15) is 4.31 Å². The molecule has 1 amide bonds. The van der Waals surface area contributed by atoms with Crippen molar-refractivity contribution in [3.63, 3.8) is 0 Å². The molecule has 0 saturated carbocycles. The molecule has 152 valence electrons. The lowest BCUT2D eigenvalue weighted by molar-refractivity contribution is 0.102. The third kappa shape index (κ3) is 5.87. The first kappa shape index (κ1) is 22.0. The van der Waals surface area contributed by atoms with Gasteiger partial charge in [-0.1, -0.05) is 27.7 Å². The first-order chi connectivity index (χ1) is 13.1. The smallest absolute Gasteiger partial charge is 0.255 e. The summed E-state index contributed by atoms with van der Waals surface area (Å²) in [7, 11) is -3.64. The summed E-state index contributed by atoms with van der Waals surface area (Å²) in [6.45, 7) is 8.79. The van der Waals surface area contributed by atoms with Gasteiger partial charge >= 0.3 is 0 Å². The van der Waals surface area contributed by atoms with Crippen LogP contribution in [0.2, 0.25) is 0 Å². The van der Waals surface area contributed by atoms with Gasteiger partial charge in [-0.3, -0.25) is 4.79 Å². The Morgan fingerprint density at radius 1 is 0.929 bits per heavy atom. The van der Waals surface area contributed by atoms with Crippen molar-refractivity contribution in [1.82, 2.24) is 4.31 Å². The second-order valence-electron chi connectivity index (χ2n) is 7.60. The molecule has 0 aliphatic rings. The van der Waals surface area contributed by atoms with E-state index in [-0.39, 0.29) is 22.5 Å². The maximum atomic E-state index is 13.0. The first-order valence-corrected chi connectivity index (χ1v) is 10.7. The minimum absolute atomic E-state index is 0.159. The number of sulfonamides is 1. The zero-order chi connectivity index (χ0) is 20.9. The van der Waals surface area contributed by atoms with E-state index in [0.717, 1.165) is 0 Å². The standard InChI is InChI=1S/C21H27FN2O3S/c1-15(2)13-24(14-16(3)4)28(26,27)20-11-5-17(6-12-20)21(25)23-19-9-7-18(22)8-10-19/h5-12,15-16H,13-14H2,1-4H3,(H,23,25). The number of hydrogen-bond acceptors (Lipinski definition) is 3. The molecule has 0 bridgehead atoms. The van der Waals surface area contributed by atoms with Gasteiger partial charge in [0.25, 0.3) is 5.91 Å². The predicted octanol–water partition coefficient (Wildman–Crippen LogP) is 4.38. The third-order valence-corrected chi connectivity index (χ3v) is 5.84. The van der Waals surface area contributed by atoms with Crippen LogP contribution in [0.1, 0.15) is 38.1 Å². The summed E-state index contributed by atoms with van der Waals surface area (Å²) in [5.74, 6) is -0.375. The minimum Gasteiger partial charge on any atom is -0.322 e. The second-order valence-corrected chi connectivity index (χ2v) is 9.53. The molecule has 0 atom stereocenters. The summed E-state index contributed by atoms with van der Waals surface area (Å²) in [5.41, 5.74) is 0.783. The number of halogens is 1. The van der Waals surface area contributed by atoms with Crippen LogP contribution < -0.4 is 5.32 Å². The SMILES string of the molecule is CC(C)CN(CC(C)C)S(=O)(=O)c1ccc(C(=O)Nc2ccc(F)cc2)cc1. The molecule has 0 saturated heterocycles. The summed E-state index contributed by atoms with van der Waals surface area (Å²) < 4.78 is 40.4. The highest BCUT2D eigenvalue weighted by Gasteiger charge is 2.26. The number of nitrogens with one attached hydrogen (secondary N) is 1. The molecule has 0 unspecified atom stereocenters. The second kappa shape index (κ2) is 9.30. The summed E-state index contributed by atoms with van der Waals surface area (Å²) in [4.78, 5) is 12.5. The Bertz CT molecular complexity index is 882. The van der Waals surface area contributed by atoms with Crippen molar-refractivity contribution >= 4 is 21.6 Å². The number of hydrogen-bond donors (Lipinski definition) is 1. The van der Waals surface area contributed by atoms with Crippen LogP contribution in [-0.2, 0) is 10.0 Å². The Labute approximate surface area is 166 Å². The average Bonchev–Trinajstić information content (AvgIpc) is 2.62. The lowest BCUT2D eigenvalue weighted by Gasteiger charge is -2.25. The van der Waals surface area contributed by atoms with Gasteiger partial charge in [0.2, 0.25) is 10.0 Å². The molecular formula is C21H27FN2O3S. The topological polar surface area (TPSA) is 66.5 Å². The van der Waals surface area contributed by atoms with E-state index in [2.05, 4.69) is 5.32 Å². The highest BCUT2D eigenvalue weighted by molar-refractivity contribution is 7.89. The number of carbonyl (C=O) groups excluding carboxylic acids is 1. The van der Waals surface area contributed by atoms with Crippen molar-refractivity contribution in [3.05, 3.63) is 59.9 Å². The van der Waals surface area contributed by atoms with Crippen molar-refractivity contribution < 1.29 is 17.6 Å². The van der Waals surface area contributed by atoms with Crippen LogP contribution in [0.25, 0.3) is 0 Å². The molecule has 0 aliphatic carbocycles. The van der Waals surface area contributed by atoms with Crippen LogP contribution in [0.4, 0.5) is 10.1 Å². The van der Waals surface area contributed by atoms with Crippen molar-refractivity contribution in [1.29, 1.82) is 0 Å². The maximum absolute atomic E-state index is 13.0. The maximum Gasteiger partial charge on any atom is 0.255 e. The number of nitrogens with zero attached hydrogens (tertiary/aromatic N) is 1. The molecule has 0 aliphatic heterocycles. The molecule has 1 N–H and O–H groups in total. The fourth-order valence-corrected chi connectivity index (χ4v) is 4.52. The molecule has 0 spiro atoms. The molecule has 28 heavy (non-hydrogen) atoms. The van der Waals surface area contributed by atoms with Crippen LogP contribution in [-0.4, -0.2) is 31.7 Å². The van der Waals surface area contributed by atoms with Gasteiger partial charge in [0.1, 0.15) is 5.82 Å². The number of carbonyl (C=O) groups is 1. The molecule has 0 radical (unpaired) electrons. The van der Waals surface area contributed by atoms with E-state index in [4.69, 9.17) is 0 Å². The highest BCUT2D eigenvalue weighted by atomic mass is 32.2. The number of amides is 1. The lowest BCUT2D eigenvalue weighted by Crippen LogP contribution is -2.37. The summed E-state index contributed by atoms with van der Waals surface area (Å²) >= 11 is 0. The molecule has 0 aromatic heterocycles. The zero-order valence-electron chi connectivity index (χ0n) is 16.6. The molecule has 2 aromatic carbocycles. The van der Waals surface area contributed by atoms with Crippen molar-refractivity contribution in [2.75, 3.05) is 18.4 Å². The Balaban J connectivity index is 2.19. The average molecular weight is 407 g/mol. The van der Waals surface area contributed by atoms with E-state index < -0.39 is 15.9 Å². The number of benzene rings is 2. The van der Waals surface area contributed by atoms with Gasteiger partial charge in [0.15, 0.2) is 0 Å². The van der Waals surface area contributed by atoms with Crippen molar-refractivity contribution in [2.45, 2.75) is 32.6 Å². The quantitative estimate of drug-likeness (QED) is 0.707. The fraction of sp³-hybridized carbons (Fsp3) is 0.381. The summed E-state index contributed by atoms with van der Waals surface area (Å²) in [6, 6.07) is 11.3. The van der Waals surface area contributed by atoms with Crippen LogP contribution >= 0.6 is 0 Å². The molecule has 2 rings (SSSR count). The lowest BCUT2D eigenvalue weighted by atomic mass is 10.2. The molecule has 0 fully saturated rings. The molecule has 0 heterocycles. The van der Waals surface area contributed by atoms with E-state index in [1.165, 1.54) is 52.8 Å². The van der Waals surface area contributed by atoms with Gasteiger partial charge in [-0.15, -0.1) is 0 Å². The van der Waals surface area contributed by atoms with Crippen LogP contribution in [0.15, 0.2) is 53.4 Å². The van der Waals surface area contributed by atoms with E-state index >= 15 is 0 Å². The van der Waals surface area contributed by atoms with Gasteiger partial charge < -0.3 is 5.32 Å². The number of anilines is 1. The zero-order valence-corrected chi connectivity index (χ0v) is 17.5. The van der Waals surface area contributed by atoms with Crippen molar-refractivity contribution in [3.8, 4) is 0 Å². The summed E-state index contributed by atoms with van der Waals surface area (Å²) in [5, 5.41) is 2.65. The molecule has 7 heteroatoms. The minimum atomic E-state index is -3.64. The van der Waals surface area contributed by atoms with E-state index in [0.29, 0.717) is 24.3 Å². The molecular weight excluding hydrogens is 379 g/mol. The van der Waals surface area contributed by atoms with Gasteiger partial charge in [0, 0.05) is 24.3 Å². The molecule has 5 nitrogen and oxygen atoms in total. The summed E-state index contributed by atoms with van der Waals surface area (Å²) in [6.07, 6.45) is 0. The first-order valence-electron chi connectivity index (χ1n) is 9.26. The van der Waals surface area contributed by atoms with Gasteiger partial charge in [0.05, 0.1) is 4.90 Å². The van der Waals surface area contributed by atoms with Crippen molar-refractivity contribution in [2.24, 2.45) is 11.8 Å². The van der Waals surface area contributed by atoms with Crippen LogP contribution in [0, 0.1) is 17.7 Å². The van der Waals surface area contributed by atoms with Crippen LogP contribution in [0.5, 0.6) is 0 Å². The van der Waals surface area contributed by atoms with E-state index in [1.807, 2.05) is 27.7 Å². The van der Waals surface area contributed by atoms with Gasteiger partial charge in [-0.25, -0.2) is 12.8 Å². The van der Waals surface area contributed by atoms with Crippen LogP contribution in [0.3, 0.4) is 0 Å². The Kier molecular flexibility index (Phi) is 7.32. The normalized spacial score (nSPS) is 12.0. The van der Waals surface area contributed by atoms with E-state index in [9.17, 15) is 17.6 Å². The van der Waals surface area contributed by atoms with E-state index in [1.54, 1.807) is 0 Å². The predicted molar refractivity (Wildman–Crippen MR) is 109 cm³/mol. The number of rotatable bonds is 8. The fourth-order valence-electron chi connectivity index (χ4n) is 2.75. The molecule has 2 aromatic rings. The third-order valence-electron chi connectivity index (χ3n) is 3.99. The van der Waals surface area contributed by atoms with Gasteiger partial charge in [-0.05, 0) is 60.4 Å². The Morgan fingerprint density at radius 2 is 1.43 bits per heavy atom. The highest BCUT2D eigenvalue weighted by Crippen LogP contribution is 2.20. The largest absolute Gasteiger partial charge is 0.322 e. The Hall–Kier alpha value is -2.25. The monoisotopic (exact) mass is 406 g/mol. The Morgan fingerprint density at radius 3 is 1.89 bits per heavy atom.